The molecule has 1 aromatic heterocycles. The molecule has 1 fully saturated rings. The summed E-state index contributed by atoms with van der Waals surface area (Å²) in [6, 6.07) is 11.7. The van der Waals surface area contributed by atoms with Crippen LogP contribution in [0.3, 0.4) is 0 Å². The van der Waals surface area contributed by atoms with Gasteiger partial charge >= 0.3 is 0 Å². The first kappa shape index (κ1) is 13.4. The Labute approximate surface area is 123 Å². The van der Waals surface area contributed by atoms with Crippen molar-refractivity contribution in [3.8, 4) is 6.07 Å². The first-order valence-electron chi connectivity index (χ1n) is 6.99. The molecule has 2 heterocycles. The molecule has 0 spiro atoms. The third kappa shape index (κ3) is 2.40. The van der Waals surface area contributed by atoms with E-state index in [4.69, 9.17) is 0 Å². The fourth-order valence-corrected chi connectivity index (χ4v) is 2.80. The number of pyridine rings is 1. The summed E-state index contributed by atoms with van der Waals surface area (Å²) in [6.07, 6.45) is 0.816. The molecule has 0 radical (unpaired) electrons. The number of carbonyl (C=O) groups is 1. The number of para-hydroxylation sites is 1. The maximum absolute atomic E-state index is 11.7. The van der Waals surface area contributed by atoms with E-state index in [2.05, 4.69) is 21.3 Å². The normalized spacial score (nSPS) is 17.7. The topological polar surface area (TPSA) is 69.0 Å². The van der Waals surface area contributed by atoms with Crippen LogP contribution in [0.2, 0.25) is 0 Å². The lowest BCUT2D eigenvalue weighted by Gasteiger charge is -2.18. The van der Waals surface area contributed by atoms with Crippen LogP contribution < -0.4 is 10.2 Å². The number of carbonyl (C=O) groups excluding carboxylic acids is 1. The summed E-state index contributed by atoms with van der Waals surface area (Å²) in [5, 5.41) is 12.9. The number of rotatable bonds is 2. The minimum absolute atomic E-state index is 0.00574. The molecule has 106 valence electrons. The standard InChI is InChI=1S/C16H16N4O/c1-18-16(21)11-6-7-20(10-11)15-8-12(9-17)13-4-2-3-5-14(13)19-15/h2-5,8,11H,6-7,10H2,1H3,(H,18,21). The monoisotopic (exact) mass is 280 g/mol. The lowest BCUT2D eigenvalue weighted by atomic mass is 10.1. The van der Waals surface area contributed by atoms with Gasteiger partial charge in [0.2, 0.25) is 5.91 Å². The van der Waals surface area contributed by atoms with Crippen LogP contribution in [-0.2, 0) is 4.79 Å². The van der Waals surface area contributed by atoms with Crippen molar-refractivity contribution >= 4 is 22.6 Å². The Morgan fingerprint density at radius 1 is 1.48 bits per heavy atom. The van der Waals surface area contributed by atoms with E-state index in [9.17, 15) is 10.1 Å². The predicted molar refractivity (Wildman–Crippen MR) is 80.8 cm³/mol. The van der Waals surface area contributed by atoms with Crippen LogP contribution in [0.15, 0.2) is 30.3 Å². The molecular formula is C16H16N4O. The van der Waals surface area contributed by atoms with Crippen molar-refractivity contribution in [2.24, 2.45) is 5.92 Å². The second-order valence-electron chi connectivity index (χ2n) is 5.20. The third-order valence-electron chi connectivity index (χ3n) is 3.95. The first-order valence-corrected chi connectivity index (χ1v) is 6.99. The zero-order valence-electron chi connectivity index (χ0n) is 11.8. The van der Waals surface area contributed by atoms with Crippen LogP contribution in [0.5, 0.6) is 0 Å². The lowest BCUT2D eigenvalue weighted by molar-refractivity contribution is -0.123. The molecule has 3 rings (SSSR count). The van der Waals surface area contributed by atoms with Gasteiger partial charge in [0.15, 0.2) is 0 Å². The highest BCUT2D eigenvalue weighted by Crippen LogP contribution is 2.26. The summed E-state index contributed by atoms with van der Waals surface area (Å²) in [7, 11) is 1.66. The van der Waals surface area contributed by atoms with Crippen molar-refractivity contribution in [1.29, 1.82) is 5.26 Å². The van der Waals surface area contributed by atoms with Gasteiger partial charge in [-0.05, 0) is 18.6 Å². The molecule has 0 bridgehead atoms. The number of nitriles is 1. The molecule has 1 aliphatic heterocycles. The molecule has 1 amide bonds. The highest BCUT2D eigenvalue weighted by molar-refractivity contribution is 5.86. The van der Waals surface area contributed by atoms with Crippen molar-refractivity contribution in [2.75, 3.05) is 25.0 Å². The Bertz CT molecular complexity index is 735. The van der Waals surface area contributed by atoms with Crippen molar-refractivity contribution in [2.45, 2.75) is 6.42 Å². The Morgan fingerprint density at radius 2 is 2.29 bits per heavy atom. The van der Waals surface area contributed by atoms with E-state index in [-0.39, 0.29) is 11.8 Å². The average molecular weight is 280 g/mol. The minimum atomic E-state index is -0.00574. The molecule has 1 N–H and O–H groups in total. The van der Waals surface area contributed by atoms with Gasteiger partial charge in [-0.15, -0.1) is 0 Å². The first-order chi connectivity index (χ1) is 10.2. The molecule has 1 aromatic carbocycles. The summed E-state index contributed by atoms with van der Waals surface area (Å²) >= 11 is 0. The summed E-state index contributed by atoms with van der Waals surface area (Å²) in [5.74, 6) is 0.837. The van der Waals surface area contributed by atoms with Gasteiger partial charge in [-0.1, -0.05) is 18.2 Å². The van der Waals surface area contributed by atoms with Crippen LogP contribution in [0, 0.1) is 17.2 Å². The summed E-state index contributed by atoms with van der Waals surface area (Å²) < 4.78 is 0. The maximum Gasteiger partial charge on any atom is 0.224 e. The molecule has 1 aliphatic rings. The van der Waals surface area contributed by atoms with Crippen LogP contribution in [0.25, 0.3) is 10.9 Å². The second kappa shape index (κ2) is 5.41. The smallest absolute Gasteiger partial charge is 0.224 e. The van der Waals surface area contributed by atoms with E-state index in [1.165, 1.54) is 0 Å². The predicted octanol–water partition coefficient (Wildman–Crippen LogP) is 1.68. The summed E-state index contributed by atoms with van der Waals surface area (Å²) in [6.45, 7) is 1.43. The van der Waals surface area contributed by atoms with E-state index >= 15 is 0 Å². The molecule has 1 saturated heterocycles. The highest BCUT2D eigenvalue weighted by atomic mass is 16.1. The van der Waals surface area contributed by atoms with Gasteiger partial charge in [0, 0.05) is 25.5 Å². The van der Waals surface area contributed by atoms with Gasteiger partial charge < -0.3 is 10.2 Å². The van der Waals surface area contributed by atoms with Crippen LogP contribution >= 0.6 is 0 Å². The maximum atomic E-state index is 11.7. The van der Waals surface area contributed by atoms with Gasteiger partial charge in [-0.3, -0.25) is 4.79 Å². The number of benzene rings is 1. The fraction of sp³-hybridized carbons (Fsp3) is 0.312. The second-order valence-corrected chi connectivity index (χ2v) is 5.20. The van der Waals surface area contributed by atoms with Crippen molar-refractivity contribution in [3.63, 3.8) is 0 Å². The van der Waals surface area contributed by atoms with Gasteiger partial charge in [-0.25, -0.2) is 4.98 Å². The summed E-state index contributed by atoms with van der Waals surface area (Å²) in [5.41, 5.74) is 1.44. The van der Waals surface area contributed by atoms with E-state index in [1.54, 1.807) is 7.05 Å². The number of hydrogen-bond acceptors (Lipinski definition) is 4. The third-order valence-corrected chi connectivity index (χ3v) is 3.95. The van der Waals surface area contributed by atoms with E-state index < -0.39 is 0 Å². The molecule has 5 heteroatoms. The van der Waals surface area contributed by atoms with Gasteiger partial charge in [0.1, 0.15) is 5.82 Å². The Morgan fingerprint density at radius 3 is 3.05 bits per heavy atom. The zero-order valence-corrected chi connectivity index (χ0v) is 11.8. The number of aromatic nitrogens is 1. The molecule has 0 saturated carbocycles. The molecule has 2 aromatic rings. The molecule has 1 atom stereocenters. The lowest BCUT2D eigenvalue weighted by Crippen LogP contribution is -2.30. The average Bonchev–Trinajstić information content (AvgIpc) is 3.03. The Kier molecular flexibility index (Phi) is 3.44. The van der Waals surface area contributed by atoms with Gasteiger partial charge in [-0.2, -0.15) is 5.26 Å². The molecule has 1 unspecified atom stereocenters. The largest absolute Gasteiger partial charge is 0.359 e. The summed E-state index contributed by atoms with van der Waals surface area (Å²) in [4.78, 5) is 18.4. The van der Waals surface area contributed by atoms with Crippen molar-refractivity contribution in [1.82, 2.24) is 10.3 Å². The van der Waals surface area contributed by atoms with E-state index in [0.717, 1.165) is 29.7 Å². The fourth-order valence-electron chi connectivity index (χ4n) is 2.80. The molecular weight excluding hydrogens is 264 g/mol. The van der Waals surface area contributed by atoms with Gasteiger partial charge in [0.25, 0.3) is 0 Å². The zero-order chi connectivity index (χ0) is 14.8. The van der Waals surface area contributed by atoms with Crippen molar-refractivity contribution < 1.29 is 4.79 Å². The number of nitrogens with zero attached hydrogens (tertiary/aromatic N) is 3. The number of amides is 1. The number of fused-ring (bicyclic) bond motifs is 1. The van der Waals surface area contributed by atoms with E-state index in [1.807, 2.05) is 30.3 Å². The SMILES string of the molecule is CNC(=O)C1CCN(c2cc(C#N)c3ccccc3n2)C1. The molecule has 5 nitrogen and oxygen atoms in total. The highest BCUT2D eigenvalue weighted by Gasteiger charge is 2.28. The molecule has 21 heavy (non-hydrogen) atoms. The number of nitrogens with one attached hydrogen (secondary N) is 1. The van der Waals surface area contributed by atoms with Crippen LogP contribution in [0.1, 0.15) is 12.0 Å². The van der Waals surface area contributed by atoms with Crippen LogP contribution in [0.4, 0.5) is 5.82 Å². The minimum Gasteiger partial charge on any atom is -0.359 e. The Balaban J connectivity index is 1.95. The van der Waals surface area contributed by atoms with Crippen LogP contribution in [-0.4, -0.2) is 31.0 Å². The van der Waals surface area contributed by atoms with Crippen molar-refractivity contribution in [3.05, 3.63) is 35.9 Å². The number of anilines is 1. The Hall–Kier alpha value is -2.61. The molecule has 0 aliphatic carbocycles. The quantitative estimate of drug-likeness (QED) is 0.908. The van der Waals surface area contributed by atoms with Gasteiger partial charge in [0.05, 0.1) is 23.1 Å². The van der Waals surface area contributed by atoms with E-state index in [0.29, 0.717) is 12.1 Å². The number of hydrogen-bond donors (Lipinski definition) is 1.